The van der Waals surface area contributed by atoms with Gasteiger partial charge in [0.25, 0.3) is 0 Å². The maximum atomic E-state index is 2.44. The first-order valence-electron chi connectivity index (χ1n) is 5.84. The highest BCUT2D eigenvalue weighted by atomic mass is 127. The second-order valence-electron chi connectivity index (χ2n) is 4.91. The summed E-state index contributed by atoms with van der Waals surface area (Å²) in [6.07, 6.45) is 13.3. The van der Waals surface area contributed by atoms with E-state index in [1.807, 2.05) is 0 Å². The fourth-order valence-corrected chi connectivity index (χ4v) is 3.37. The van der Waals surface area contributed by atoms with E-state index in [4.69, 9.17) is 0 Å². The van der Waals surface area contributed by atoms with E-state index in [1.165, 1.54) is 12.8 Å². The SMILES string of the molecule is C[C@H]1C=C[C@@H](C(C)(/C=C\I)C/C=C/I)CC1. The van der Waals surface area contributed by atoms with Crippen molar-refractivity contribution in [1.29, 1.82) is 0 Å². The molecule has 0 N–H and O–H groups in total. The number of allylic oxidation sites excluding steroid dienone is 4. The van der Waals surface area contributed by atoms with Crippen molar-refractivity contribution >= 4 is 45.2 Å². The van der Waals surface area contributed by atoms with Gasteiger partial charge < -0.3 is 0 Å². The molecule has 0 aromatic heterocycles. The Kier molecular flexibility index (Phi) is 6.62. The molecule has 0 saturated carbocycles. The van der Waals surface area contributed by atoms with Crippen LogP contribution in [0.1, 0.15) is 33.1 Å². The lowest BCUT2D eigenvalue weighted by atomic mass is 9.69. The van der Waals surface area contributed by atoms with Gasteiger partial charge in [0.05, 0.1) is 0 Å². The van der Waals surface area contributed by atoms with Crippen LogP contribution in [-0.2, 0) is 0 Å². The van der Waals surface area contributed by atoms with Crippen molar-refractivity contribution < 1.29 is 0 Å². The molecule has 0 aromatic carbocycles. The molecule has 1 aliphatic carbocycles. The van der Waals surface area contributed by atoms with Crippen molar-refractivity contribution in [2.75, 3.05) is 0 Å². The Morgan fingerprint density at radius 1 is 1.25 bits per heavy atom. The third kappa shape index (κ3) is 4.17. The molecule has 0 spiro atoms. The van der Waals surface area contributed by atoms with Gasteiger partial charge in [-0.05, 0) is 44.7 Å². The summed E-state index contributed by atoms with van der Waals surface area (Å²) in [6.45, 7) is 4.69. The first-order chi connectivity index (χ1) is 7.62. The van der Waals surface area contributed by atoms with Crippen LogP contribution in [0.5, 0.6) is 0 Å². The summed E-state index contributed by atoms with van der Waals surface area (Å²) in [6, 6.07) is 0. The van der Waals surface area contributed by atoms with Gasteiger partial charge in [-0.25, -0.2) is 0 Å². The predicted octanol–water partition coefficient (Wildman–Crippen LogP) is 5.88. The maximum absolute atomic E-state index is 2.44. The van der Waals surface area contributed by atoms with Crippen molar-refractivity contribution in [2.24, 2.45) is 17.3 Å². The van der Waals surface area contributed by atoms with E-state index < -0.39 is 0 Å². The molecule has 16 heavy (non-hydrogen) atoms. The van der Waals surface area contributed by atoms with Gasteiger partial charge in [0.2, 0.25) is 0 Å². The van der Waals surface area contributed by atoms with Crippen molar-refractivity contribution in [3.05, 3.63) is 32.5 Å². The average molecular weight is 442 g/mol. The second-order valence-corrected chi connectivity index (χ2v) is 6.35. The molecule has 1 rings (SSSR count). The fraction of sp³-hybridized carbons (Fsp3) is 0.571. The predicted molar refractivity (Wildman–Crippen MR) is 90.1 cm³/mol. The van der Waals surface area contributed by atoms with Gasteiger partial charge in [0, 0.05) is 0 Å². The molecule has 0 heterocycles. The highest BCUT2D eigenvalue weighted by Crippen LogP contribution is 2.40. The molecule has 0 bridgehead atoms. The van der Waals surface area contributed by atoms with Gasteiger partial charge in [0.15, 0.2) is 0 Å². The molecule has 3 atom stereocenters. The van der Waals surface area contributed by atoms with Crippen molar-refractivity contribution in [2.45, 2.75) is 33.1 Å². The van der Waals surface area contributed by atoms with Crippen LogP contribution in [-0.4, -0.2) is 0 Å². The average Bonchev–Trinajstić information content (AvgIpc) is 2.27. The number of halogens is 2. The van der Waals surface area contributed by atoms with E-state index in [0.717, 1.165) is 12.3 Å². The summed E-state index contributed by atoms with van der Waals surface area (Å²) in [7, 11) is 0. The number of rotatable bonds is 4. The number of hydrogen-bond donors (Lipinski definition) is 0. The molecular weight excluding hydrogens is 422 g/mol. The zero-order chi connectivity index (χ0) is 12.0. The Labute approximate surface area is 127 Å². The summed E-state index contributed by atoms with van der Waals surface area (Å²) >= 11 is 4.64. The Bertz CT molecular complexity index is 291. The van der Waals surface area contributed by atoms with E-state index in [9.17, 15) is 0 Å². The van der Waals surface area contributed by atoms with Gasteiger partial charge in [-0.1, -0.05) is 83.3 Å². The fourth-order valence-electron chi connectivity index (χ4n) is 2.29. The molecule has 0 amide bonds. The van der Waals surface area contributed by atoms with Crippen LogP contribution in [0.15, 0.2) is 32.5 Å². The Morgan fingerprint density at radius 2 is 2.00 bits per heavy atom. The summed E-state index contributed by atoms with van der Waals surface area (Å²) in [5, 5.41) is 0. The number of hydrogen-bond acceptors (Lipinski definition) is 0. The third-order valence-corrected chi connectivity index (χ3v) is 4.41. The Morgan fingerprint density at radius 3 is 2.50 bits per heavy atom. The normalized spacial score (nSPS) is 30.0. The topological polar surface area (TPSA) is 0 Å². The Hall–Kier alpha value is 0.680. The lowest BCUT2D eigenvalue weighted by molar-refractivity contribution is 0.272. The van der Waals surface area contributed by atoms with E-state index in [0.29, 0.717) is 11.3 Å². The van der Waals surface area contributed by atoms with Gasteiger partial charge in [0.1, 0.15) is 0 Å². The molecule has 90 valence electrons. The highest BCUT2D eigenvalue weighted by molar-refractivity contribution is 14.1. The van der Waals surface area contributed by atoms with Crippen LogP contribution in [0, 0.1) is 17.3 Å². The highest BCUT2D eigenvalue weighted by Gasteiger charge is 2.30. The van der Waals surface area contributed by atoms with Crippen molar-refractivity contribution in [1.82, 2.24) is 0 Å². The summed E-state index contributed by atoms with van der Waals surface area (Å²) in [5.41, 5.74) is 0.291. The minimum absolute atomic E-state index is 0.291. The standard InChI is InChI=1S/C14H20I2/c1-12-4-6-13(7-5-12)14(2,9-11-16)8-3-10-15/h3-4,6,9-13H,5,7-8H2,1-2H3/b10-3+,11-9-/t12-,13+,14?/m0/s1. The first-order valence-corrected chi connectivity index (χ1v) is 8.33. The zero-order valence-electron chi connectivity index (χ0n) is 10.00. The molecule has 2 heteroatoms. The Balaban J connectivity index is 2.80. The largest absolute Gasteiger partial charge is 0.0854 e. The van der Waals surface area contributed by atoms with Crippen LogP contribution in [0.2, 0.25) is 0 Å². The van der Waals surface area contributed by atoms with Crippen LogP contribution in [0.25, 0.3) is 0 Å². The molecule has 0 aromatic rings. The minimum atomic E-state index is 0.291. The molecule has 0 saturated heterocycles. The first kappa shape index (κ1) is 14.7. The molecule has 1 unspecified atom stereocenters. The van der Waals surface area contributed by atoms with Crippen molar-refractivity contribution in [3.63, 3.8) is 0 Å². The van der Waals surface area contributed by atoms with E-state index in [2.05, 4.69) is 91.5 Å². The van der Waals surface area contributed by atoms with Crippen LogP contribution in [0.4, 0.5) is 0 Å². The summed E-state index contributed by atoms with van der Waals surface area (Å²) in [5.74, 6) is 1.46. The molecule has 1 aliphatic rings. The van der Waals surface area contributed by atoms with Gasteiger partial charge >= 0.3 is 0 Å². The second kappa shape index (κ2) is 7.19. The smallest absolute Gasteiger partial charge is 0.00415 e. The molecule has 0 fully saturated rings. The van der Waals surface area contributed by atoms with Crippen molar-refractivity contribution in [3.8, 4) is 0 Å². The molecule has 0 nitrogen and oxygen atoms in total. The molecule has 0 radical (unpaired) electrons. The quantitative estimate of drug-likeness (QED) is 0.377. The third-order valence-electron chi connectivity index (χ3n) is 3.54. The lowest BCUT2D eigenvalue weighted by Crippen LogP contribution is -2.25. The van der Waals surface area contributed by atoms with Crippen LogP contribution >= 0.6 is 45.2 Å². The van der Waals surface area contributed by atoms with Gasteiger partial charge in [-0.2, -0.15) is 0 Å². The molecular formula is C14H20I2. The molecule has 0 aliphatic heterocycles. The summed E-state index contributed by atoms with van der Waals surface area (Å²) in [4.78, 5) is 0. The zero-order valence-corrected chi connectivity index (χ0v) is 14.3. The van der Waals surface area contributed by atoms with E-state index in [1.54, 1.807) is 0 Å². The summed E-state index contributed by atoms with van der Waals surface area (Å²) < 4.78 is 4.30. The van der Waals surface area contributed by atoms with Gasteiger partial charge in [-0.3, -0.25) is 0 Å². The van der Waals surface area contributed by atoms with Crippen LogP contribution < -0.4 is 0 Å². The maximum Gasteiger partial charge on any atom is -0.00415 e. The van der Waals surface area contributed by atoms with Crippen LogP contribution in [0.3, 0.4) is 0 Å². The monoisotopic (exact) mass is 442 g/mol. The minimum Gasteiger partial charge on any atom is -0.0854 e. The van der Waals surface area contributed by atoms with E-state index >= 15 is 0 Å². The van der Waals surface area contributed by atoms with E-state index in [-0.39, 0.29) is 0 Å². The lowest BCUT2D eigenvalue weighted by Gasteiger charge is -2.35. The van der Waals surface area contributed by atoms with Gasteiger partial charge in [-0.15, -0.1) is 0 Å².